The van der Waals surface area contributed by atoms with Crippen molar-refractivity contribution >= 4 is 33.8 Å². The fraction of sp³-hybridized carbons (Fsp3) is 0.0625. The lowest BCUT2D eigenvalue weighted by molar-refractivity contribution is 0.102. The molecule has 0 saturated carbocycles. The molecule has 2 N–H and O–H groups in total. The van der Waals surface area contributed by atoms with E-state index in [9.17, 15) is 4.79 Å². The average Bonchev–Trinajstić information content (AvgIpc) is 2.94. The minimum absolute atomic E-state index is 0.213. The van der Waals surface area contributed by atoms with Crippen LogP contribution in [-0.4, -0.2) is 16.1 Å². The number of para-hydroxylation sites is 2. The number of hydrogen-bond acceptors (Lipinski definition) is 5. The second-order valence-corrected chi connectivity index (χ2v) is 5.80. The molecule has 0 saturated heterocycles. The topological polar surface area (TPSA) is 66.9 Å². The number of nitrogens with one attached hydrogen (secondary N) is 2. The lowest BCUT2D eigenvalue weighted by Gasteiger charge is -2.11. The summed E-state index contributed by atoms with van der Waals surface area (Å²) in [7, 11) is 0. The predicted octanol–water partition coefficient (Wildman–Crippen LogP) is 3.84. The third-order valence-electron chi connectivity index (χ3n) is 2.97. The van der Waals surface area contributed by atoms with Crippen molar-refractivity contribution in [2.45, 2.75) is 6.92 Å². The summed E-state index contributed by atoms with van der Waals surface area (Å²) in [6.45, 7) is 1.85. The fourth-order valence-corrected chi connectivity index (χ4v) is 2.57. The van der Waals surface area contributed by atoms with Crippen LogP contribution >= 0.6 is 11.3 Å². The number of amides is 1. The first kappa shape index (κ1) is 14.2. The number of carbonyl (C=O) groups is 1. The summed E-state index contributed by atoms with van der Waals surface area (Å²) >= 11 is 1.35. The van der Waals surface area contributed by atoms with Gasteiger partial charge >= 0.3 is 0 Å². The van der Waals surface area contributed by atoms with Crippen LogP contribution in [0.2, 0.25) is 0 Å². The molecule has 3 aromatic rings. The molecule has 3 rings (SSSR count). The van der Waals surface area contributed by atoms with Gasteiger partial charge in [0.1, 0.15) is 5.01 Å². The van der Waals surface area contributed by atoms with Gasteiger partial charge in [0.05, 0.1) is 11.3 Å². The van der Waals surface area contributed by atoms with Crippen molar-refractivity contribution < 1.29 is 4.79 Å². The van der Waals surface area contributed by atoms with Crippen LogP contribution in [0.1, 0.15) is 15.4 Å². The summed E-state index contributed by atoms with van der Waals surface area (Å²) in [6, 6.07) is 17.1. The van der Waals surface area contributed by atoms with Crippen LogP contribution in [0.5, 0.6) is 0 Å². The van der Waals surface area contributed by atoms with Crippen molar-refractivity contribution in [2.24, 2.45) is 0 Å². The van der Waals surface area contributed by atoms with Crippen LogP contribution < -0.4 is 10.6 Å². The van der Waals surface area contributed by atoms with Gasteiger partial charge in [-0.1, -0.05) is 41.7 Å². The number of nitrogens with zero attached hydrogens (tertiary/aromatic N) is 2. The summed E-state index contributed by atoms with van der Waals surface area (Å²) in [6.07, 6.45) is 0. The van der Waals surface area contributed by atoms with E-state index in [1.54, 1.807) is 6.07 Å². The zero-order chi connectivity index (χ0) is 15.4. The molecule has 0 atom stereocenters. The molecule has 110 valence electrons. The molecule has 0 aliphatic carbocycles. The molecule has 5 nitrogen and oxygen atoms in total. The second-order valence-electron chi connectivity index (χ2n) is 4.62. The fourth-order valence-electron chi connectivity index (χ4n) is 1.98. The molecule has 0 fully saturated rings. The maximum atomic E-state index is 12.4. The van der Waals surface area contributed by atoms with Gasteiger partial charge in [0.25, 0.3) is 5.91 Å². The van der Waals surface area contributed by atoms with Crippen LogP contribution in [-0.2, 0) is 0 Å². The third kappa shape index (κ3) is 3.29. The first-order valence-corrected chi connectivity index (χ1v) is 7.56. The van der Waals surface area contributed by atoms with Crippen molar-refractivity contribution in [3.05, 3.63) is 65.2 Å². The standard InChI is InChI=1S/C16H14N4OS/c1-11-19-20-16(22-11)18-15(21)13-9-5-6-10-14(13)17-12-7-3-2-4-8-12/h2-10,17H,1H3,(H,18,20,21). The second kappa shape index (κ2) is 6.36. The maximum Gasteiger partial charge on any atom is 0.259 e. The van der Waals surface area contributed by atoms with E-state index < -0.39 is 0 Å². The molecule has 1 amide bonds. The minimum atomic E-state index is -0.213. The highest BCUT2D eigenvalue weighted by Crippen LogP contribution is 2.22. The van der Waals surface area contributed by atoms with Gasteiger partial charge in [-0.05, 0) is 31.2 Å². The average molecular weight is 310 g/mol. The van der Waals surface area contributed by atoms with E-state index in [-0.39, 0.29) is 5.91 Å². The van der Waals surface area contributed by atoms with E-state index in [4.69, 9.17) is 0 Å². The normalized spacial score (nSPS) is 10.2. The quantitative estimate of drug-likeness (QED) is 0.768. The van der Waals surface area contributed by atoms with E-state index in [1.165, 1.54) is 11.3 Å². The zero-order valence-corrected chi connectivity index (χ0v) is 12.7. The molecule has 0 unspecified atom stereocenters. The summed E-state index contributed by atoms with van der Waals surface area (Å²) in [5, 5.41) is 15.1. The Bertz CT molecular complexity index is 786. The highest BCUT2D eigenvalue weighted by atomic mass is 32.1. The number of aromatic nitrogens is 2. The molecule has 0 aliphatic heterocycles. The Kier molecular flexibility index (Phi) is 4.11. The van der Waals surface area contributed by atoms with Gasteiger partial charge < -0.3 is 5.32 Å². The molecule has 1 heterocycles. The monoisotopic (exact) mass is 310 g/mol. The molecular formula is C16H14N4OS. The number of anilines is 3. The highest BCUT2D eigenvalue weighted by Gasteiger charge is 2.13. The minimum Gasteiger partial charge on any atom is -0.355 e. The molecule has 1 aromatic heterocycles. The Morgan fingerprint density at radius 3 is 2.45 bits per heavy atom. The van der Waals surface area contributed by atoms with Gasteiger partial charge in [-0.15, -0.1) is 10.2 Å². The van der Waals surface area contributed by atoms with Crippen LogP contribution in [0.25, 0.3) is 0 Å². The predicted molar refractivity (Wildman–Crippen MR) is 88.8 cm³/mol. The van der Waals surface area contributed by atoms with Crippen molar-refractivity contribution in [2.75, 3.05) is 10.6 Å². The van der Waals surface area contributed by atoms with E-state index in [1.807, 2.05) is 55.5 Å². The molecular weight excluding hydrogens is 296 g/mol. The third-order valence-corrected chi connectivity index (χ3v) is 3.73. The van der Waals surface area contributed by atoms with Crippen molar-refractivity contribution in [3.8, 4) is 0 Å². The molecule has 0 radical (unpaired) electrons. The van der Waals surface area contributed by atoms with Gasteiger partial charge in [0.2, 0.25) is 5.13 Å². The molecule has 2 aromatic carbocycles. The highest BCUT2D eigenvalue weighted by molar-refractivity contribution is 7.15. The number of carbonyl (C=O) groups excluding carboxylic acids is 1. The Labute approximate surface area is 132 Å². The van der Waals surface area contributed by atoms with Crippen molar-refractivity contribution in [3.63, 3.8) is 0 Å². The first-order chi connectivity index (χ1) is 10.7. The lowest BCUT2D eigenvalue weighted by atomic mass is 10.1. The van der Waals surface area contributed by atoms with Gasteiger partial charge in [-0.25, -0.2) is 0 Å². The van der Waals surface area contributed by atoms with E-state index in [2.05, 4.69) is 20.8 Å². The van der Waals surface area contributed by atoms with E-state index in [0.717, 1.165) is 16.4 Å². The summed E-state index contributed by atoms with van der Waals surface area (Å²) in [4.78, 5) is 12.4. The number of benzene rings is 2. The maximum absolute atomic E-state index is 12.4. The molecule has 22 heavy (non-hydrogen) atoms. The first-order valence-electron chi connectivity index (χ1n) is 6.75. The number of rotatable bonds is 4. The Morgan fingerprint density at radius 2 is 1.73 bits per heavy atom. The Morgan fingerprint density at radius 1 is 1.00 bits per heavy atom. The van der Waals surface area contributed by atoms with Crippen LogP contribution in [0.15, 0.2) is 54.6 Å². The Hall–Kier alpha value is -2.73. The van der Waals surface area contributed by atoms with Crippen molar-refractivity contribution in [1.82, 2.24) is 10.2 Å². The molecule has 0 aliphatic rings. The largest absolute Gasteiger partial charge is 0.355 e. The summed E-state index contributed by atoms with van der Waals surface area (Å²) in [5.74, 6) is -0.213. The lowest BCUT2D eigenvalue weighted by Crippen LogP contribution is -2.13. The summed E-state index contributed by atoms with van der Waals surface area (Å²) in [5.41, 5.74) is 2.22. The number of aryl methyl sites for hydroxylation is 1. The van der Waals surface area contributed by atoms with E-state index in [0.29, 0.717) is 10.7 Å². The van der Waals surface area contributed by atoms with Gasteiger partial charge in [-0.2, -0.15) is 0 Å². The smallest absolute Gasteiger partial charge is 0.259 e. The molecule has 0 bridgehead atoms. The van der Waals surface area contributed by atoms with Gasteiger partial charge in [0, 0.05) is 5.69 Å². The van der Waals surface area contributed by atoms with Crippen LogP contribution in [0.4, 0.5) is 16.5 Å². The molecule has 0 spiro atoms. The zero-order valence-electron chi connectivity index (χ0n) is 11.9. The van der Waals surface area contributed by atoms with Crippen LogP contribution in [0.3, 0.4) is 0 Å². The van der Waals surface area contributed by atoms with Gasteiger partial charge in [0.15, 0.2) is 0 Å². The van der Waals surface area contributed by atoms with E-state index >= 15 is 0 Å². The van der Waals surface area contributed by atoms with Gasteiger partial charge in [-0.3, -0.25) is 10.1 Å². The van der Waals surface area contributed by atoms with Crippen molar-refractivity contribution in [1.29, 1.82) is 0 Å². The number of hydrogen-bond donors (Lipinski definition) is 2. The molecule has 6 heteroatoms. The Balaban J connectivity index is 1.83. The van der Waals surface area contributed by atoms with Crippen LogP contribution in [0, 0.1) is 6.92 Å². The summed E-state index contributed by atoms with van der Waals surface area (Å²) < 4.78 is 0. The SMILES string of the molecule is Cc1nnc(NC(=O)c2ccccc2Nc2ccccc2)s1.